The van der Waals surface area contributed by atoms with E-state index in [0.29, 0.717) is 26.2 Å². The van der Waals surface area contributed by atoms with E-state index in [0.717, 1.165) is 13.1 Å². The number of carbonyl (C=O) groups is 2. The molecule has 0 aromatic rings. The van der Waals surface area contributed by atoms with Crippen LogP contribution in [0, 0.1) is 5.41 Å². The molecular formula is C14H23ClNO4-. The highest BCUT2D eigenvalue weighted by Crippen LogP contribution is 2.28. The minimum absolute atomic E-state index is 0. The highest BCUT2D eigenvalue weighted by Gasteiger charge is 2.45. The number of Topliss-reactive ketones (excluding diaryl/α,β-unsaturated/α-hetero) is 1. The number of nitrogens with zero attached hydrogens (tertiary/aromatic N) is 1. The van der Waals surface area contributed by atoms with Crippen molar-refractivity contribution in [2.24, 2.45) is 5.41 Å². The van der Waals surface area contributed by atoms with Gasteiger partial charge in [0.15, 0.2) is 0 Å². The summed E-state index contributed by atoms with van der Waals surface area (Å²) in [5.74, 6) is -0.619. The second-order valence-corrected chi connectivity index (χ2v) is 4.74. The largest absolute Gasteiger partial charge is 1.00 e. The molecule has 0 bridgehead atoms. The molecule has 1 rings (SSSR count). The summed E-state index contributed by atoms with van der Waals surface area (Å²) in [5, 5.41) is 0. The molecule has 1 atom stereocenters. The molecular weight excluding hydrogens is 282 g/mol. The van der Waals surface area contributed by atoms with Crippen LogP contribution in [-0.2, 0) is 19.1 Å². The maximum Gasteiger partial charge on any atom is 0.321 e. The summed E-state index contributed by atoms with van der Waals surface area (Å²) in [5.41, 5.74) is -1.13. The molecule has 1 aliphatic heterocycles. The second kappa shape index (κ2) is 9.10. The first-order valence-electron chi connectivity index (χ1n) is 6.66. The summed E-state index contributed by atoms with van der Waals surface area (Å²) in [4.78, 5) is 26.3. The van der Waals surface area contributed by atoms with Crippen molar-refractivity contribution in [3.63, 3.8) is 0 Å². The van der Waals surface area contributed by atoms with E-state index in [1.165, 1.54) is 6.92 Å². The molecule has 0 saturated carbocycles. The van der Waals surface area contributed by atoms with Crippen LogP contribution in [0.25, 0.3) is 0 Å². The van der Waals surface area contributed by atoms with E-state index in [9.17, 15) is 9.59 Å². The Morgan fingerprint density at radius 3 is 2.45 bits per heavy atom. The van der Waals surface area contributed by atoms with Gasteiger partial charge in [-0.25, -0.2) is 0 Å². The fraction of sp³-hybridized carbons (Fsp3) is 0.714. The van der Waals surface area contributed by atoms with Crippen molar-refractivity contribution < 1.29 is 31.5 Å². The van der Waals surface area contributed by atoms with Gasteiger partial charge in [0.2, 0.25) is 0 Å². The zero-order valence-corrected chi connectivity index (χ0v) is 12.9. The van der Waals surface area contributed by atoms with Crippen molar-refractivity contribution in [3.8, 4) is 0 Å². The number of morpholine rings is 1. The Labute approximate surface area is 126 Å². The summed E-state index contributed by atoms with van der Waals surface area (Å²) >= 11 is 0. The van der Waals surface area contributed by atoms with Crippen LogP contribution in [0.1, 0.15) is 20.3 Å². The van der Waals surface area contributed by atoms with Gasteiger partial charge < -0.3 is 21.9 Å². The minimum Gasteiger partial charge on any atom is -1.00 e. The van der Waals surface area contributed by atoms with Gasteiger partial charge in [-0.3, -0.25) is 14.5 Å². The van der Waals surface area contributed by atoms with Crippen molar-refractivity contribution >= 4 is 11.8 Å². The average Bonchev–Trinajstić information content (AvgIpc) is 2.39. The van der Waals surface area contributed by atoms with Crippen LogP contribution < -0.4 is 12.4 Å². The molecule has 116 valence electrons. The SMILES string of the molecule is C=CCC(CN1CCOCC1)(C(C)=O)C(=O)OCC.[Cl-]. The number of ketones is 1. The molecule has 6 heteroatoms. The van der Waals surface area contributed by atoms with Gasteiger partial charge in [-0.05, 0) is 20.3 Å². The second-order valence-electron chi connectivity index (χ2n) is 4.74. The number of allylic oxidation sites excluding steroid dienone is 1. The molecule has 1 heterocycles. The number of carbonyl (C=O) groups excluding carboxylic acids is 2. The lowest BCUT2D eigenvalue weighted by Gasteiger charge is -2.35. The summed E-state index contributed by atoms with van der Waals surface area (Å²) in [7, 11) is 0. The van der Waals surface area contributed by atoms with Gasteiger partial charge in [-0.2, -0.15) is 0 Å². The van der Waals surface area contributed by atoms with E-state index in [2.05, 4.69) is 11.5 Å². The average molecular weight is 305 g/mol. The number of halogens is 1. The van der Waals surface area contributed by atoms with E-state index < -0.39 is 11.4 Å². The topological polar surface area (TPSA) is 55.8 Å². The van der Waals surface area contributed by atoms with Crippen molar-refractivity contribution in [1.82, 2.24) is 4.90 Å². The molecule has 0 spiro atoms. The Morgan fingerprint density at radius 2 is 2.00 bits per heavy atom. The lowest BCUT2D eigenvalue weighted by atomic mass is 9.80. The third-order valence-corrected chi connectivity index (χ3v) is 3.43. The maximum absolute atomic E-state index is 12.2. The molecule has 0 N–H and O–H groups in total. The Kier molecular flexibility index (Phi) is 8.69. The first-order valence-corrected chi connectivity index (χ1v) is 6.66. The lowest BCUT2D eigenvalue weighted by Crippen LogP contribution is -3.00. The highest BCUT2D eigenvalue weighted by molar-refractivity contribution is 6.03. The Balaban J connectivity index is 0.00000361. The van der Waals surface area contributed by atoms with E-state index >= 15 is 0 Å². The molecule has 0 aromatic heterocycles. The lowest BCUT2D eigenvalue weighted by molar-refractivity contribution is -0.161. The van der Waals surface area contributed by atoms with Gasteiger partial charge in [-0.15, -0.1) is 6.58 Å². The van der Waals surface area contributed by atoms with Crippen LogP contribution in [0.5, 0.6) is 0 Å². The zero-order chi connectivity index (χ0) is 14.3. The molecule has 0 radical (unpaired) electrons. The van der Waals surface area contributed by atoms with Crippen LogP contribution in [0.4, 0.5) is 0 Å². The van der Waals surface area contributed by atoms with Crippen molar-refractivity contribution in [1.29, 1.82) is 0 Å². The highest BCUT2D eigenvalue weighted by atomic mass is 35.5. The minimum atomic E-state index is -1.13. The number of ether oxygens (including phenoxy) is 2. The first kappa shape index (κ1) is 19.1. The van der Waals surface area contributed by atoms with Crippen LogP contribution >= 0.6 is 0 Å². The van der Waals surface area contributed by atoms with E-state index in [1.807, 2.05) is 0 Å². The molecule has 5 nitrogen and oxygen atoms in total. The monoisotopic (exact) mass is 304 g/mol. The van der Waals surface area contributed by atoms with Gasteiger partial charge in [0.25, 0.3) is 0 Å². The van der Waals surface area contributed by atoms with Gasteiger partial charge >= 0.3 is 5.97 Å². The normalized spacial score (nSPS) is 18.5. The third-order valence-electron chi connectivity index (χ3n) is 3.43. The summed E-state index contributed by atoms with van der Waals surface area (Å²) in [6.07, 6.45) is 1.91. The quantitative estimate of drug-likeness (QED) is 0.310. The van der Waals surface area contributed by atoms with E-state index in [1.54, 1.807) is 13.0 Å². The Hall–Kier alpha value is -0.910. The molecule has 1 unspecified atom stereocenters. The van der Waals surface area contributed by atoms with Gasteiger partial charge in [-0.1, -0.05) is 6.08 Å². The fourth-order valence-corrected chi connectivity index (χ4v) is 2.27. The molecule has 1 fully saturated rings. The molecule has 20 heavy (non-hydrogen) atoms. The first-order chi connectivity index (χ1) is 9.06. The van der Waals surface area contributed by atoms with Gasteiger partial charge in [0.1, 0.15) is 11.2 Å². The summed E-state index contributed by atoms with van der Waals surface area (Å²) < 4.78 is 10.4. The molecule has 1 aliphatic rings. The molecule has 0 aromatic carbocycles. The summed E-state index contributed by atoms with van der Waals surface area (Å²) in [6, 6.07) is 0. The maximum atomic E-state index is 12.2. The van der Waals surface area contributed by atoms with Crippen LogP contribution in [0.15, 0.2) is 12.7 Å². The Morgan fingerprint density at radius 1 is 1.40 bits per heavy atom. The molecule has 0 amide bonds. The number of esters is 1. The molecule has 0 aliphatic carbocycles. The predicted molar refractivity (Wildman–Crippen MR) is 71.8 cm³/mol. The van der Waals surface area contributed by atoms with Crippen LogP contribution in [-0.4, -0.2) is 56.1 Å². The number of rotatable bonds is 7. The van der Waals surface area contributed by atoms with E-state index in [-0.39, 0.29) is 24.8 Å². The predicted octanol–water partition coefficient (Wildman–Crippen LogP) is -1.96. The summed E-state index contributed by atoms with van der Waals surface area (Å²) in [6.45, 7) is 10.2. The standard InChI is InChI=1S/C14H23NO4.ClH/c1-4-6-14(12(3)16,13(17)19-5-2)11-15-7-9-18-10-8-15;/h4H,1,5-11H2,2-3H3;1H/p-1. The number of hydrogen-bond donors (Lipinski definition) is 0. The Bertz CT molecular complexity index is 342. The van der Waals surface area contributed by atoms with Crippen molar-refractivity contribution in [2.75, 3.05) is 39.5 Å². The van der Waals surface area contributed by atoms with Gasteiger partial charge in [0.05, 0.1) is 19.8 Å². The van der Waals surface area contributed by atoms with E-state index in [4.69, 9.17) is 9.47 Å². The zero-order valence-electron chi connectivity index (χ0n) is 12.2. The third kappa shape index (κ3) is 4.58. The molecule has 1 saturated heterocycles. The fourth-order valence-electron chi connectivity index (χ4n) is 2.27. The number of hydrogen-bond acceptors (Lipinski definition) is 5. The van der Waals surface area contributed by atoms with Gasteiger partial charge in [0, 0.05) is 19.6 Å². The van der Waals surface area contributed by atoms with Crippen LogP contribution in [0.3, 0.4) is 0 Å². The van der Waals surface area contributed by atoms with Crippen molar-refractivity contribution in [2.45, 2.75) is 20.3 Å². The smallest absolute Gasteiger partial charge is 0.321 e. The van der Waals surface area contributed by atoms with Crippen molar-refractivity contribution in [3.05, 3.63) is 12.7 Å². The van der Waals surface area contributed by atoms with Crippen LogP contribution in [0.2, 0.25) is 0 Å².